The molecule has 0 fully saturated rings. The standard InChI is InChI=1S/C14H17N3O3S/c1-2-13-15-9-14(17-13)21(18,19)16-8-11-7-10-5-3-4-6-12(10)20-11/h3-6,9,11,16H,2,7-8H2,1H3,(H,15,17). The SMILES string of the molecule is CCc1ncc(S(=O)(=O)NCC2Cc3ccccc3O2)[nH]1. The van der Waals surface area contributed by atoms with Crippen molar-refractivity contribution in [2.24, 2.45) is 0 Å². The van der Waals surface area contributed by atoms with Crippen LogP contribution in [0.5, 0.6) is 5.75 Å². The monoisotopic (exact) mass is 307 g/mol. The third kappa shape index (κ3) is 2.93. The van der Waals surface area contributed by atoms with Crippen LogP contribution in [0.15, 0.2) is 35.5 Å². The predicted molar refractivity (Wildman–Crippen MR) is 77.7 cm³/mol. The zero-order valence-electron chi connectivity index (χ0n) is 11.7. The molecule has 0 spiro atoms. The van der Waals surface area contributed by atoms with Gasteiger partial charge in [-0.2, -0.15) is 0 Å². The van der Waals surface area contributed by atoms with Gasteiger partial charge in [0, 0.05) is 19.4 Å². The van der Waals surface area contributed by atoms with Crippen molar-refractivity contribution < 1.29 is 13.2 Å². The van der Waals surface area contributed by atoms with Gasteiger partial charge in [-0.05, 0) is 11.6 Å². The van der Waals surface area contributed by atoms with E-state index in [1.165, 1.54) is 6.20 Å². The summed E-state index contributed by atoms with van der Waals surface area (Å²) in [5, 5.41) is 0.0925. The van der Waals surface area contributed by atoms with E-state index in [-0.39, 0.29) is 17.7 Å². The van der Waals surface area contributed by atoms with Gasteiger partial charge in [0.2, 0.25) is 0 Å². The van der Waals surface area contributed by atoms with Crippen LogP contribution in [-0.2, 0) is 22.9 Å². The Kier molecular flexibility index (Phi) is 3.69. The molecule has 0 radical (unpaired) electrons. The van der Waals surface area contributed by atoms with E-state index in [1.807, 2.05) is 31.2 Å². The summed E-state index contributed by atoms with van der Waals surface area (Å²) in [5.74, 6) is 1.48. The molecule has 2 aromatic rings. The summed E-state index contributed by atoms with van der Waals surface area (Å²) in [6.45, 7) is 2.14. The zero-order chi connectivity index (χ0) is 14.9. The van der Waals surface area contributed by atoms with E-state index in [4.69, 9.17) is 4.74 Å². The summed E-state index contributed by atoms with van der Waals surface area (Å²) in [7, 11) is -3.57. The largest absolute Gasteiger partial charge is 0.488 e. The number of hydrogen-bond acceptors (Lipinski definition) is 4. The number of aromatic nitrogens is 2. The van der Waals surface area contributed by atoms with E-state index in [2.05, 4.69) is 14.7 Å². The lowest BCUT2D eigenvalue weighted by Gasteiger charge is -2.11. The van der Waals surface area contributed by atoms with Crippen molar-refractivity contribution in [2.45, 2.75) is 30.9 Å². The number of hydrogen-bond donors (Lipinski definition) is 2. The van der Waals surface area contributed by atoms with Gasteiger partial charge < -0.3 is 9.72 Å². The second-order valence-electron chi connectivity index (χ2n) is 4.95. The van der Waals surface area contributed by atoms with Crippen molar-refractivity contribution in [2.75, 3.05) is 6.54 Å². The molecule has 112 valence electrons. The van der Waals surface area contributed by atoms with E-state index < -0.39 is 10.0 Å². The molecular formula is C14H17N3O3S. The number of para-hydroxylation sites is 1. The average Bonchev–Trinajstić information content (AvgIpc) is 3.11. The fraction of sp³-hybridized carbons (Fsp3) is 0.357. The Labute approximate surface area is 123 Å². The van der Waals surface area contributed by atoms with Gasteiger partial charge in [-0.1, -0.05) is 25.1 Å². The quantitative estimate of drug-likeness (QED) is 0.871. The lowest BCUT2D eigenvalue weighted by molar-refractivity contribution is 0.236. The molecule has 0 saturated carbocycles. The van der Waals surface area contributed by atoms with Gasteiger partial charge in [-0.25, -0.2) is 18.1 Å². The van der Waals surface area contributed by atoms with Crippen LogP contribution in [-0.4, -0.2) is 31.0 Å². The average molecular weight is 307 g/mol. The number of aryl methyl sites for hydroxylation is 1. The first-order valence-electron chi connectivity index (χ1n) is 6.86. The molecular weight excluding hydrogens is 290 g/mol. The van der Waals surface area contributed by atoms with Crippen LogP contribution in [0.2, 0.25) is 0 Å². The molecule has 0 amide bonds. The second kappa shape index (κ2) is 5.50. The minimum Gasteiger partial charge on any atom is -0.488 e. The molecule has 1 aliphatic heterocycles. The van der Waals surface area contributed by atoms with E-state index in [1.54, 1.807) is 0 Å². The number of imidazole rings is 1. The summed E-state index contributed by atoms with van der Waals surface area (Å²) in [6, 6.07) is 7.74. The van der Waals surface area contributed by atoms with Crippen molar-refractivity contribution in [1.29, 1.82) is 0 Å². The van der Waals surface area contributed by atoms with Crippen molar-refractivity contribution in [3.8, 4) is 5.75 Å². The normalized spacial score (nSPS) is 17.5. The van der Waals surface area contributed by atoms with Gasteiger partial charge in [0.1, 0.15) is 17.7 Å². The van der Waals surface area contributed by atoms with Crippen molar-refractivity contribution >= 4 is 10.0 Å². The van der Waals surface area contributed by atoms with Crippen molar-refractivity contribution in [3.63, 3.8) is 0 Å². The third-order valence-corrected chi connectivity index (χ3v) is 4.78. The minimum absolute atomic E-state index is 0.0925. The summed E-state index contributed by atoms with van der Waals surface area (Å²) >= 11 is 0. The van der Waals surface area contributed by atoms with Crippen LogP contribution in [0, 0.1) is 0 Å². The summed E-state index contributed by atoms with van der Waals surface area (Å²) in [6.07, 6.45) is 2.54. The van der Waals surface area contributed by atoms with Gasteiger partial charge >= 0.3 is 0 Å². The maximum Gasteiger partial charge on any atom is 0.257 e. The lowest BCUT2D eigenvalue weighted by atomic mass is 10.1. The molecule has 2 heterocycles. The van der Waals surface area contributed by atoms with Crippen LogP contribution in [0.3, 0.4) is 0 Å². The first-order valence-corrected chi connectivity index (χ1v) is 8.35. The van der Waals surface area contributed by atoms with Crippen LogP contribution < -0.4 is 9.46 Å². The number of rotatable bonds is 5. The third-order valence-electron chi connectivity index (χ3n) is 3.44. The maximum atomic E-state index is 12.2. The molecule has 3 rings (SSSR count). The topological polar surface area (TPSA) is 84.1 Å². The molecule has 1 aliphatic rings. The summed E-state index contributed by atoms with van der Waals surface area (Å²) in [4.78, 5) is 6.80. The molecule has 0 bridgehead atoms. The van der Waals surface area contributed by atoms with Gasteiger partial charge in [-0.15, -0.1) is 0 Å². The molecule has 0 saturated heterocycles. The molecule has 1 atom stereocenters. The Morgan fingerprint density at radius 3 is 2.95 bits per heavy atom. The smallest absolute Gasteiger partial charge is 0.257 e. The highest BCUT2D eigenvalue weighted by Crippen LogP contribution is 2.27. The van der Waals surface area contributed by atoms with Gasteiger partial charge in [0.15, 0.2) is 5.03 Å². The lowest BCUT2D eigenvalue weighted by Crippen LogP contribution is -2.34. The zero-order valence-corrected chi connectivity index (χ0v) is 12.5. The highest BCUT2D eigenvalue weighted by molar-refractivity contribution is 7.89. The molecule has 7 heteroatoms. The molecule has 1 unspecified atom stereocenters. The molecule has 1 aromatic carbocycles. The maximum absolute atomic E-state index is 12.2. The molecule has 0 aliphatic carbocycles. The van der Waals surface area contributed by atoms with Gasteiger partial charge in [0.25, 0.3) is 10.0 Å². The Morgan fingerprint density at radius 2 is 2.24 bits per heavy atom. The van der Waals surface area contributed by atoms with E-state index >= 15 is 0 Å². The molecule has 1 aromatic heterocycles. The Balaban J connectivity index is 1.63. The van der Waals surface area contributed by atoms with E-state index in [9.17, 15) is 8.42 Å². The highest BCUT2D eigenvalue weighted by Gasteiger charge is 2.25. The fourth-order valence-corrected chi connectivity index (χ4v) is 3.31. The van der Waals surface area contributed by atoms with Crippen molar-refractivity contribution in [1.82, 2.24) is 14.7 Å². The number of nitrogens with one attached hydrogen (secondary N) is 2. The number of H-pyrrole nitrogens is 1. The fourth-order valence-electron chi connectivity index (χ4n) is 2.31. The van der Waals surface area contributed by atoms with E-state index in [0.717, 1.165) is 11.3 Å². The number of sulfonamides is 1. The number of aromatic amines is 1. The van der Waals surface area contributed by atoms with Gasteiger partial charge in [0.05, 0.1) is 6.20 Å². The summed E-state index contributed by atoms with van der Waals surface area (Å²) in [5.41, 5.74) is 1.11. The minimum atomic E-state index is -3.57. The molecule has 21 heavy (non-hydrogen) atoms. The number of fused-ring (bicyclic) bond motifs is 1. The van der Waals surface area contributed by atoms with Crippen molar-refractivity contribution in [3.05, 3.63) is 41.9 Å². The first-order chi connectivity index (χ1) is 10.1. The number of ether oxygens (including phenoxy) is 1. The highest BCUT2D eigenvalue weighted by atomic mass is 32.2. The Hall–Kier alpha value is -1.86. The van der Waals surface area contributed by atoms with Gasteiger partial charge in [-0.3, -0.25) is 0 Å². The van der Waals surface area contributed by atoms with Crippen LogP contribution >= 0.6 is 0 Å². The predicted octanol–water partition coefficient (Wildman–Crippen LogP) is 1.25. The molecule has 6 nitrogen and oxygen atoms in total. The number of benzene rings is 1. The Bertz CT molecular complexity index is 714. The first kappa shape index (κ1) is 14.1. The number of nitrogens with zero attached hydrogens (tertiary/aromatic N) is 1. The van der Waals surface area contributed by atoms with Crippen LogP contribution in [0.1, 0.15) is 18.3 Å². The van der Waals surface area contributed by atoms with Crippen LogP contribution in [0.4, 0.5) is 0 Å². The van der Waals surface area contributed by atoms with E-state index in [0.29, 0.717) is 18.7 Å². The Morgan fingerprint density at radius 1 is 1.43 bits per heavy atom. The summed E-state index contributed by atoms with van der Waals surface area (Å²) < 4.78 is 32.6. The van der Waals surface area contributed by atoms with Crippen LogP contribution in [0.25, 0.3) is 0 Å². The second-order valence-corrected chi connectivity index (χ2v) is 6.69. The molecule has 2 N–H and O–H groups in total.